The van der Waals surface area contributed by atoms with Gasteiger partial charge in [-0.1, -0.05) is 88.7 Å². The molecule has 0 spiro atoms. The summed E-state index contributed by atoms with van der Waals surface area (Å²) in [5.74, 6) is -0.757. The van der Waals surface area contributed by atoms with Gasteiger partial charge in [0.25, 0.3) is 5.91 Å². The number of Topliss-reactive ketones (excluding diaryl/α,β-unsaturated/α-hetero) is 1. The third-order valence-electron chi connectivity index (χ3n) is 6.03. The van der Waals surface area contributed by atoms with Crippen molar-refractivity contribution in [3.63, 3.8) is 0 Å². The van der Waals surface area contributed by atoms with E-state index < -0.39 is 11.5 Å². The Bertz CT molecular complexity index is 1340. The second kappa shape index (κ2) is 8.01. The number of nitrogens with zero attached hydrogens (tertiary/aromatic N) is 1. The van der Waals surface area contributed by atoms with Crippen LogP contribution in [0.3, 0.4) is 0 Å². The highest BCUT2D eigenvalue weighted by atomic mass is 79.9. The highest BCUT2D eigenvalue weighted by Crippen LogP contribution is 2.44. The first-order chi connectivity index (χ1) is 15.5. The van der Waals surface area contributed by atoms with Crippen molar-refractivity contribution in [2.45, 2.75) is 18.6 Å². The van der Waals surface area contributed by atoms with Gasteiger partial charge in [-0.2, -0.15) is 0 Å². The molecule has 0 unspecified atom stereocenters. The van der Waals surface area contributed by atoms with Crippen LogP contribution >= 0.6 is 15.9 Å². The van der Waals surface area contributed by atoms with E-state index in [1.165, 1.54) is 0 Å². The SMILES string of the molecule is O=C(C[C@@]1(O)C(=O)N(Cc2cccc3ccccc23)c2ccccc21)c1ccc(Br)cc1. The number of hydrogen-bond acceptors (Lipinski definition) is 3. The topological polar surface area (TPSA) is 57.6 Å². The molecule has 32 heavy (non-hydrogen) atoms. The Kier molecular flexibility index (Phi) is 5.16. The number of carbonyl (C=O) groups excluding carboxylic acids is 2. The molecule has 0 bridgehead atoms. The molecule has 1 amide bonds. The van der Waals surface area contributed by atoms with Crippen LogP contribution in [0.1, 0.15) is 27.9 Å². The number of anilines is 1. The number of aliphatic hydroxyl groups is 1. The number of fused-ring (bicyclic) bond motifs is 2. The van der Waals surface area contributed by atoms with Crippen LogP contribution in [-0.2, 0) is 16.9 Å². The first kappa shape index (κ1) is 20.6. The molecule has 1 aliphatic rings. The minimum Gasteiger partial charge on any atom is -0.375 e. The average Bonchev–Trinajstić information content (AvgIpc) is 3.01. The predicted octanol–water partition coefficient (Wildman–Crippen LogP) is 5.61. The number of amides is 1. The van der Waals surface area contributed by atoms with Gasteiger partial charge in [0.1, 0.15) is 0 Å². The van der Waals surface area contributed by atoms with E-state index >= 15 is 0 Å². The molecule has 0 fully saturated rings. The van der Waals surface area contributed by atoms with E-state index in [9.17, 15) is 14.7 Å². The maximum Gasteiger partial charge on any atom is 0.264 e. The molecule has 1 heterocycles. The van der Waals surface area contributed by atoms with Gasteiger partial charge >= 0.3 is 0 Å². The van der Waals surface area contributed by atoms with Crippen LogP contribution in [0.2, 0.25) is 0 Å². The summed E-state index contributed by atoms with van der Waals surface area (Å²) in [6.07, 6.45) is -0.309. The van der Waals surface area contributed by atoms with Crippen molar-refractivity contribution in [1.82, 2.24) is 0 Å². The van der Waals surface area contributed by atoms with Crippen LogP contribution < -0.4 is 4.90 Å². The van der Waals surface area contributed by atoms with Gasteiger partial charge in [0.05, 0.1) is 18.7 Å². The number of hydrogen-bond donors (Lipinski definition) is 1. The number of rotatable bonds is 5. The van der Waals surface area contributed by atoms with Crippen LogP contribution in [-0.4, -0.2) is 16.8 Å². The Morgan fingerprint density at radius 1 is 0.875 bits per heavy atom. The third kappa shape index (κ3) is 3.44. The maximum absolute atomic E-state index is 13.6. The van der Waals surface area contributed by atoms with Crippen LogP contribution in [0, 0.1) is 0 Å². The van der Waals surface area contributed by atoms with Gasteiger partial charge in [-0.25, -0.2) is 0 Å². The molecule has 0 saturated heterocycles. The molecule has 1 N–H and O–H groups in total. The molecule has 4 aromatic rings. The first-order valence-corrected chi connectivity index (χ1v) is 11.2. The summed E-state index contributed by atoms with van der Waals surface area (Å²) in [6, 6.07) is 28.1. The summed E-state index contributed by atoms with van der Waals surface area (Å²) < 4.78 is 0.858. The second-order valence-electron chi connectivity index (χ2n) is 8.01. The Labute approximate surface area is 194 Å². The monoisotopic (exact) mass is 485 g/mol. The minimum atomic E-state index is -1.90. The highest BCUT2D eigenvalue weighted by molar-refractivity contribution is 9.10. The van der Waals surface area contributed by atoms with E-state index in [0.717, 1.165) is 20.8 Å². The Morgan fingerprint density at radius 2 is 1.56 bits per heavy atom. The van der Waals surface area contributed by atoms with E-state index in [-0.39, 0.29) is 12.2 Å². The fraction of sp³-hybridized carbons (Fsp3) is 0.111. The van der Waals surface area contributed by atoms with Crippen molar-refractivity contribution >= 4 is 44.1 Å². The van der Waals surface area contributed by atoms with E-state index in [2.05, 4.69) is 15.9 Å². The van der Waals surface area contributed by atoms with E-state index in [1.54, 1.807) is 41.3 Å². The Hall–Kier alpha value is -3.28. The molecule has 0 aliphatic carbocycles. The van der Waals surface area contributed by atoms with Crippen molar-refractivity contribution in [3.8, 4) is 0 Å². The first-order valence-electron chi connectivity index (χ1n) is 10.4. The van der Waals surface area contributed by atoms with Crippen molar-refractivity contribution in [1.29, 1.82) is 0 Å². The number of benzene rings is 4. The van der Waals surface area contributed by atoms with E-state index in [0.29, 0.717) is 23.4 Å². The lowest BCUT2D eigenvalue weighted by Gasteiger charge is -2.23. The summed E-state index contributed by atoms with van der Waals surface area (Å²) >= 11 is 3.36. The van der Waals surface area contributed by atoms with Gasteiger partial charge < -0.3 is 10.0 Å². The fourth-order valence-corrected chi connectivity index (χ4v) is 4.67. The highest BCUT2D eigenvalue weighted by Gasteiger charge is 2.50. The van der Waals surface area contributed by atoms with Crippen LogP contribution in [0.15, 0.2) is 95.5 Å². The smallest absolute Gasteiger partial charge is 0.264 e. The molecule has 1 aliphatic heterocycles. The molecule has 1 atom stereocenters. The van der Waals surface area contributed by atoms with Crippen molar-refractivity contribution in [3.05, 3.63) is 112 Å². The average molecular weight is 486 g/mol. The number of halogens is 1. The summed E-state index contributed by atoms with van der Waals surface area (Å²) in [7, 11) is 0. The largest absolute Gasteiger partial charge is 0.375 e. The number of para-hydroxylation sites is 1. The molecule has 5 heteroatoms. The fourth-order valence-electron chi connectivity index (χ4n) is 4.41. The lowest BCUT2D eigenvalue weighted by atomic mass is 9.88. The minimum absolute atomic E-state index is 0.282. The third-order valence-corrected chi connectivity index (χ3v) is 6.56. The normalized spacial score (nSPS) is 17.6. The summed E-state index contributed by atoms with van der Waals surface area (Å²) in [4.78, 5) is 28.1. The van der Waals surface area contributed by atoms with E-state index in [1.807, 2.05) is 54.6 Å². The molecule has 5 rings (SSSR count). The van der Waals surface area contributed by atoms with Gasteiger partial charge in [-0.15, -0.1) is 0 Å². The quantitative estimate of drug-likeness (QED) is 0.373. The summed E-state index contributed by atoms with van der Waals surface area (Å²) in [5.41, 5.74) is 0.645. The van der Waals surface area contributed by atoms with Gasteiger partial charge in [0.15, 0.2) is 11.4 Å². The molecule has 158 valence electrons. The molecule has 4 nitrogen and oxygen atoms in total. The zero-order valence-electron chi connectivity index (χ0n) is 17.2. The van der Waals surface area contributed by atoms with Crippen LogP contribution in [0.4, 0.5) is 5.69 Å². The number of ketones is 1. The lowest BCUT2D eigenvalue weighted by Crippen LogP contribution is -2.41. The second-order valence-corrected chi connectivity index (χ2v) is 8.93. The Morgan fingerprint density at radius 3 is 2.38 bits per heavy atom. The molecular weight excluding hydrogens is 466 g/mol. The summed E-state index contributed by atoms with van der Waals surface area (Å²) in [6.45, 7) is 0.311. The lowest BCUT2D eigenvalue weighted by molar-refractivity contribution is -0.136. The van der Waals surface area contributed by atoms with Gasteiger partial charge in [-0.05, 0) is 34.5 Å². The van der Waals surface area contributed by atoms with Crippen LogP contribution in [0.25, 0.3) is 10.8 Å². The van der Waals surface area contributed by atoms with Crippen LogP contribution in [0.5, 0.6) is 0 Å². The van der Waals surface area contributed by atoms with Crippen molar-refractivity contribution in [2.75, 3.05) is 4.90 Å². The molecule has 0 saturated carbocycles. The zero-order chi connectivity index (χ0) is 22.3. The predicted molar refractivity (Wildman–Crippen MR) is 129 cm³/mol. The van der Waals surface area contributed by atoms with Gasteiger partial charge in [-0.3, -0.25) is 9.59 Å². The number of carbonyl (C=O) groups is 2. The van der Waals surface area contributed by atoms with Crippen molar-refractivity contribution in [2.24, 2.45) is 0 Å². The molecule has 0 radical (unpaired) electrons. The summed E-state index contributed by atoms with van der Waals surface area (Å²) in [5, 5.41) is 13.7. The Balaban J connectivity index is 1.51. The molecule has 4 aromatic carbocycles. The van der Waals surface area contributed by atoms with E-state index in [4.69, 9.17) is 0 Å². The standard InChI is InChI=1S/C27H20BrNO3/c28-21-14-12-19(13-15-21)25(30)16-27(32)23-10-3-4-11-24(23)29(26(27)31)17-20-8-5-7-18-6-1-2-9-22(18)20/h1-15,32H,16-17H2/t27-/m0/s1. The zero-order valence-corrected chi connectivity index (χ0v) is 18.7. The van der Waals surface area contributed by atoms with Gasteiger partial charge in [0, 0.05) is 15.6 Å². The van der Waals surface area contributed by atoms with Crippen molar-refractivity contribution < 1.29 is 14.7 Å². The molecular formula is C27H20BrNO3. The van der Waals surface area contributed by atoms with Gasteiger partial charge in [0.2, 0.25) is 0 Å². The molecule has 0 aromatic heterocycles. The maximum atomic E-state index is 13.6.